The molecule has 7 nitrogen and oxygen atoms in total. The van der Waals surface area contributed by atoms with Crippen molar-refractivity contribution in [3.8, 4) is 5.75 Å². The first kappa shape index (κ1) is 32.1. The average molecular weight is 617 g/mol. The molecule has 0 aromatic heterocycles. The summed E-state index contributed by atoms with van der Waals surface area (Å²) in [6.07, 6.45) is 0.559. The Balaban J connectivity index is 1.32. The highest BCUT2D eigenvalue weighted by Crippen LogP contribution is 2.33. The van der Waals surface area contributed by atoms with E-state index < -0.39 is 11.8 Å². The molecule has 0 aliphatic carbocycles. The highest BCUT2D eigenvalue weighted by molar-refractivity contribution is 6.42. The first-order chi connectivity index (χ1) is 20.2. The lowest BCUT2D eigenvalue weighted by Crippen LogP contribution is -2.45. The highest BCUT2D eigenvalue weighted by atomic mass is 35.5. The molecule has 2 unspecified atom stereocenters. The molecule has 1 aliphatic heterocycles. The predicted octanol–water partition coefficient (Wildman–Crippen LogP) is 8.22. The Bertz CT molecular complexity index is 1270. The van der Waals surface area contributed by atoms with Crippen LogP contribution in [-0.4, -0.2) is 49.2 Å². The zero-order valence-corrected chi connectivity index (χ0v) is 25.9. The fourth-order valence-corrected chi connectivity index (χ4v) is 4.98. The van der Waals surface area contributed by atoms with Gasteiger partial charge in [0, 0.05) is 18.9 Å². The van der Waals surface area contributed by atoms with Crippen molar-refractivity contribution in [3.63, 3.8) is 0 Å². The molecule has 1 saturated heterocycles. The summed E-state index contributed by atoms with van der Waals surface area (Å²) in [5, 5.41) is 2.59. The molecular formula is C33H39Cl2NO6. The second-order valence-electron chi connectivity index (χ2n) is 11.2. The largest absolute Gasteiger partial charge is 0.528 e. The van der Waals surface area contributed by atoms with Gasteiger partial charge in [0.15, 0.2) is 0 Å². The third-order valence-corrected chi connectivity index (χ3v) is 7.42. The predicted molar refractivity (Wildman–Crippen MR) is 164 cm³/mol. The standard InChI is InChI=1S/C33H39Cl2NO6/c1-33(2,3)41-32(37)42-36-17-16-28(31(21-36)40-23-25-10-15-29(34)30(35)20-25)26-11-13-27(14-12-26)39-19-7-18-38-22-24-8-5-4-6-9-24/h4-6,8-15,20,28,31H,7,16-19,21-23H2,1-3H3. The van der Waals surface area contributed by atoms with Crippen molar-refractivity contribution in [2.45, 2.75) is 64.4 Å². The molecule has 1 heterocycles. The third kappa shape index (κ3) is 10.5. The Hall–Kier alpha value is -2.81. The van der Waals surface area contributed by atoms with Gasteiger partial charge in [0.1, 0.15) is 11.4 Å². The average Bonchev–Trinajstić information content (AvgIpc) is 2.95. The number of carbonyl (C=O) groups is 1. The van der Waals surface area contributed by atoms with Crippen molar-refractivity contribution in [2.24, 2.45) is 0 Å². The number of benzene rings is 3. The monoisotopic (exact) mass is 615 g/mol. The first-order valence-corrected chi connectivity index (χ1v) is 15.0. The first-order valence-electron chi connectivity index (χ1n) is 14.2. The topological polar surface area (TPSA) is 66.5 Å². The number of rotatable bonds is 12. The summed E-state index contributed by atoms with van der Waals surface area (Å²) < 4.78 is 23.4. The molecule has 0 saturated carbocycles. The summed E-state index contributed by atoms with van der Waals surface area (Å²) in [6, 6.07) is 23.7. The molecular weight excluding hydrogens is 577 g/mol. The number of ether oxygens (including phenoxy) is 4. The van der Waals surface area contributed by atoms with E-state index in [4.69, 9.17) is 47.0 Å². The number of carbonyl (C=O) groups excluding carboxylic acids is 1. The summed E-state index contributed by atoms with van der Waals surface area (Å²) in [4.78, 5) is 17.8. The van der Waals surface area contributed by atoms with Gasteiger partial charge in [-0.25, -0.2) is 4.79 Å². The fraction of sp³-hybridized carbons (Fsp3) is 0.424. The fourth-order valence-electron chi connectivity index (χ4n) is 4.65. The maximum Gasteiger partial charge on any atom is 0.528 e. The maximum atomic E-state index is 12.3. The van der Waals surface area contributed by atoms with Crippen LogP contribution in [0.4, 0.5) is 4.79 Å². The Morgan fingerprint density at radius 3 is 2.38 bits per heavy atom. The molecule has 3 aromatic carbocycles. The Morgan fingerprint density at radius 2 is 1.67 bits per heavy atom. The van der Waals surface area contributed by atoms with Crippen molar-refractivity contribution >= 4 is 29.4 Å². The Kier molecular flexibility index (Phi) is 11.9. The summed E-state index contributed by atoms with van der Waals surface area (Å²) in [5.41, 5.74) is 2.56. The molecule has 1 aliphatic rings. The van der Waals surface area contributed by atoms with E-state index in [0.717, 1.165) is 35.3 Å². The van der Waals surface area contributed by atoms with Gasteiger partial charge in [-0.3, -0.25) is 0 Å². The second-order valence-corrected chi connectivity index (χ2v) is 12.1. The van der Waals surface area contributed by atoms with Crippen molar-refractivity contribution < 1.29 is 28.6 Å². The van der Waals surface area contributed by atoms with E-state index in [0.29, 0.717) is 49.6 Å². The molecule has 0 radical (unpaired) electrons. The van der Waals surface area contributed by atoms with Gasteiger partial charge in [-0.15, -0.1) is 5.06 Å². The third-order valence-electron chi connectivity index (χ3n) is 6.68. The summed E-state index contributed by atoms with van der Waals surface area (Å²) in [7, 11) is 0. The van der Waals surface area contributed by atoms with Gasteiger partial charge in [-0.05, 0) is 68.1 Å². The summed E-state index contributed by atoms with van der Waals surface area (Å²) in [5.74, 6) is 0.896. The van der Waals surface area contributed by atoms with Crippen LogP contribution in [0, 0.1) is 0 Å². The molecule has 9 heteroatoms. The van der Waals surface area contributed by atoms with Gasteiger partial charge < -0.3 is 23.8 Å². The number of piperidine rings is 1. The Morgan fingerprint density at radius 1 is 0.905 bits per heavy atom. The molecule has 1 fully saturated rings. The van der Waals surface area contributed by atoms with E-state index in [2.05, 4.69) is 24.3 Å². The molecule has 2 atom stereocenters. The van der Waals surface area contributed by atoms with Crippen LogP contribution >= 0.6 is 23.2 Å². The number of hydroxylamine groups is 2. The van der Waals surface area contributed by atoms with Gasteiger partial charge in [0.05, 0.1) is 49.1 Å². The van der Waals surface area contributed by atoms with Crippen LogP contribution in [0.25, 0.3) is 0 Å². The Labute approximate surface area is 258 Å². The lowest BCUT2D eigenvalue weighted by Gasteiger charge is -2.37. The van der Waals surface area contributed by atoms with E-state index in [9.17, 15) is 4.79 Å². The van der Waals surface area contributed by atoms with Crippen LogP contribution in [-0.2, 0) is 32.3 Å². The summed E-state index contributed by atoms with van der Waals surface area (Å²) in [6.45, 7) is 8.50. The van der Waals surface area contributed by atoms with Crippen molar-refractivity contribution in [1.82, 2.24) is 5.06 Å². The van der Waals surface area contributed by atoms with Gasteiger partial charge in [0.25, 0.3) is 0 Å². The molecule has 0 bridgehead atoms. The van der Waals surface area contributed by atoms with Gasteiger partial charge in [-0.2, -0.15) is 0 Å². The molecule has 0 amide bonds. The smallest absolute Gasteiger partial charge is 0.494 e. The molecule has 4 rings (SSSR count). The van der Waals surface area contributed by atoms with Crippen molar-refractivity contribution in [1.29, 1.82) is 0 Å². The SMILES string of the molecule is CC(C)(C)OC(=O)ON1CCC(c2ccc(OCCCOCc3ccccc3)cc2)C(OCc2ccc(Cl)c(Cl)c2)C1. The van der Waals surface area contributed by atoms with Gasteiger partial charge in [0.2, 0.25) is 0 Å². The zero-order chi connectivity index (χ0) is 30.0. The molecule has 0 N–H and O–H groups in total. The highest BCUT2D eigenvalue weighted by Gasteiger charge is 2.34. The quantitative estimate of drug-likeness (QED) is 0.150. The van der Waals surface area contributed by atoms with E-state index >= 15 is 0 Å². The lowest BCUT2D eigenvalue weighted by molar-refractivity contribution is -0.179. The second kappa shape index (κ2) is 15.6. The minimum absolute atomic E-state index is 0.0895. The van der Waals surface area contributed by atoms with Crippen LogP contribution in [0.5, 0.6) is 5.75 Å². The van der Waals surface area contributed by atoms with E-state index in [1.807, 2.05) is 36.4 Å². The molecule has 3 aromatic rings. The number of nitrogens with zero attached hydrogens (tertiary/aromatic N) is 1. The number of hydrogen-bond acceptors (Lipinski definition) is 7. The van der Waals surface area contributed by atoms with E-state index in [1.165, 1.54) is 0 Å². The van der Waals surface area contributed by atoms with Crippen LogP contribution in [0.2, 0.25) is 10.0 Å². The van der Waals surface area contributed by atoms with E-state index in [1.54, 1.807) is 38.0 Å². The van der Waals surface area contributed by atoms with Crippen LogP contribution < -0.4 is 4.74 Å². The molecule has 0 spiro atoms. The molecule has 42 heavy (non-hydrogen) atoms. The van der Waals surface area contributed by atoms with E-state index in [-0.39, 0.29) is 12.0 Å². The lowest BCUT2D eigenvalue weighted by atomic mass is 9.87. The van der Waals surface area contributed by atoms with Crippen LogP contribution in [0.15, 0.2) is 72.8 Å². The minimum Gasteiger partial charge on any atom is -0.494 e. The zero-order valence-electron chi connectivity index (χ0n) is 24.4. The van der Waals surface area contributed by atoms with Gasteiger partial charge in [-0.1, -0.05) is 71.7 Å². The maximum absolute atomic E-state index is 12.3. The van der Waals surface area contributed by atoms with Crippen molar-refractivity contribution in [3.05, 3.63) is 99.5 Å². The summed E-state index contributed by atoms with van der Waals surface area (Å²) >= 11 is 12.3. The van der Waals surface area contributed by atoms with Crippen LogP contribution in [0.3, 0.4) is 0 Å². The van der Waals surface area contributed by atoms with Crippen LogP contribution in [0.1, 0.15) is 56.2 Å². The number of halogens is 2. The normalized spacial score (nSPS) is 17.5. The minimum atomic E-state index is -0.726. The van der Waals surface area contributed by atoms with Crippen molar-refractivity contribution in [2.75, 3.05) is 26.3 Å². The molecule has 226 valence electrons. The number of hydrogen-bond donors (Lipinski definition) is 0. The van der Waals surface area contributed by atoms with Gasteiger partial charge >= 0.3 is 6.16 Å².